The van der Waals surface area contributed by atoms with E-state index < -0.39 is 23.5 Å². The number of carbonyl (C=O) groups is 2. The van der Waals surface area contributed by atoms with E-state index in [-0.39, 0.29) is 24.0 Å². The highest BCUT2D eigenvalue weighted by atomic mass is 17.2. The number of hydrogen-bond acceptors (Lipinski definition) is 8. The summed E-state index contributed by atoms with van der Waals surface area (Å²) in [6.45, 7) is 19.2. The van der Waals surface area contributed by atoms with E-state index in [4.69, 9.17) is 19.2 Å². The van der Waals surface area contributed by atoms with Crippen molar-refractivity contribution in [2.45, 2.75) is 93.3 Å². The standard InChI is InChI=1S/C20H38O8/c1-17(2,3)13-19(7,8)27-25-15(21)23-11-12-24-16(22)26-28-20(9,10)14-18(4,5)6/h11-14H2,1-10H3. The maximum atomic E-state index is 11.5. The molecule has 8 nitrogen and oxygen atoms in total. The lowest BCUT2D eigenvalue weighted by atomic mass is 9.84. The van der Waals surface area contributed by atoms with Crippen molar-refractivity contribution in [2.75, 3.05) is 13.2 Å². The van der Waals surface area contributed by atoms with E-state index in [1.807, 2.05) is 27.7 Å². The Morgan fingerprint density at radius 1 is 0.571 bits per heavy atom. The predicted octanol–water partition coefficient (Wildman–Crippen LogP) is 5.59. The van der Waals surface area contributed by atoms with Crippen LogP contribution in [0.3, 0.4) is 0 Å². The van der Waals surface area contributed by atoms with Crippen LogP contribution < -0.4 is 0 Å². The molecule has 0 aromatic rings. The third-order valence-corrected chi connectivity index (χ3v) is 3.11. The van der Waals surface area contributed by atoms with Crippen LogP contribution in [0.4, 0.5) is 9.59 Å². The van der Waals surface area contributed by atoms with E-state index in [0.29, 0.717) is 12.8 Å². The maximum absolute atomic E-state index is 11.5. The van der Waals surface area contributed by atoms with Gasteiger partial charge in [-0.25, -0.2) is 9.59 Å². The first-order valence-electron chi connectivity index (χ1n) is 9.46. The quantitative estimate of drug-likeness (QED) is 0.212. The van der Waals surface area contributed by atoms with Crippen molar-refractivity contribution in [2.24, 2.45) is 10.8 Å². The van der Waals surface area contributed by atoms with Gasteiger partial charge in [-0.2, -0.15) is 9.78 Å². The van der Waals surface area contributed by atoms with Crippen LogP contribution in [0.25, 0.3) is 0 Å². The van der Waals surface area contributed by atoms with Crippen LogP contribution in [0.1, 0.15) is 82.1 Å². The van der Waals surface area contributed by atoms with Crippen LogP contribution in [0.2, 0.25) is 0 Å². The minimum Gasteiger partial charge on any atom is -0.429 e. The fourth-order valence-electron chi connectivity index (χ4n) is 3.21. The smallest absolute Gasteiger partial charge is 0.429 e. The zero-order chi connectivity index (χ0) is 22.2. The van der Waals surface area contributed by atoms with E-state index in [1.54, 1.807) is 0 Å². The Kier molecular flexibility index (Phi) is 9.73. The SMILES string of the molecule is CC(C)(C)CC(C)(C)OOC(=O)OCCOC(=O)OOC(C)(C)CC(C)(C)C. The fourth-order valence-corrected chi connectivity index (χ4v) is 3.21. The van der Waals surface area contributed by atoms with Gasteiger partial charge in [-0.15, -0.1) is 0 Å². The third-order valence-electron chi connectivity index (χ3n) is 3.11. The Balaban J connectivity index is 4.00. The maximum Gasteiger partial charge on any atom is 0.540 e. The molecule has 0 N–H and O–H groups in total. The second-order valence-electron chi connectivity index (χ2n) is 10.5. The van der Waals surface area contributed by atoms with Crippen molar-refractivity contribution >= 4 is 12.3 Å². The van der Waals surface area contributed by atoms with Gasteiger partial charge in [0.15, 0.2) is 0 Å². The largest absolute Gasteiger partial charge is 0.540 e. The van der Waals surface area contributed by atoms with E-state index in [0.717, 1.165) is 0 Å². The van der Waals surface area contributed by atoms with E-state index in [9.17, 15) is 9.59 Å². The topological polar surface area (TPSA) is 89.5 Å². The molecule has 0 atom stereocenters. The van der Waals surface area contributed by atoms with Gasteiger partial charge in [0.1, 0.15) is 24.4 Å². The zero-order valence-corrected chi connectivity index (χ0v) is 19.1. The summed E-state index contributed by atoms with van der Waals surface area (Å²) in [5, 5.41) is 0. The van der Waals surface area contributed by atoms with Gasteiger partial charge < -0.3 is 9.47 Å². The Labute approximate surface area is 169 Å². The Hall–Kier alpha value is -1.54. The molecule has 0 fully saturated rings. The molecule has 0 aromatic heterocycles. The molecule has 0 aliphatic rings. The molecule has 166 valence electrons. The monoisotopic (exact) mass is 406 g/mol. The number of rotatable bonds is 9. The van der Waals surface area contributed by atoms with Gasteiger partial charge in [-0.1, -0.05) is 41.5 Å². The lowest BCUT2D eigenvalue weighted by molar-refractivity contribution is -0.325. The number of carbonyl (C=O) groups excluding carboxylic acids is 2. The summed E-state index contributed by atoms with van der Waals surface area (Å²) in [5.41, 5.74) is -1.30. The van der Waals surface area contributed by atoms with Gasteiger partial charge in [0, 0.05) is 0 Å². The lowest BCUT2D eigenvalue weighted by Crippen LogP contribution is -2.32. The molecule has 0 aliphatic carbocycles. The van der Waals surface area contributed by atoms with Crippen molar-refractivity contribution in [3.63, 3.8) is 0 Å². The molecular formula is C20H38O8. The molecule has 0 rings (SSSR count). The summed E-state index contributed by atoms with van der Waals surface area (Å²) in [6, 6.07) is 0. The van der Waals surface area contributed by atoms with E-state index in [2.05, 4.69) is 51.3 Å². The van der Waals surface area contributed by atoms with Gasteiger partial charge in [-0.3, -0.25) is 9.78 Å². The highest BCUT2D eigenvalue weighted by Crippen LogP contribution is 2.30. The highest BCUT2D eigenvalue weighted by molar-refractivity contribution is 5.59. The van der Waals surface area contributed by atoms with Crippen LogP contribution in [-0.4, -0.2) is 36.7 Å². The molecule has 0 spiro atoms. The number of hydrogen-bond donors (Lipinski definition) is 0. The van der Waals surface area contributed by atoms with Crippen LogP contribution in [0.5, 0.6) is 0 Å². The Morgan fingerprint density at radius 2 is 0.857 bits per heavy atom. The Bertz CT molecular complexity index is 451. The molecule has 0 aliphatic heterocycles. The second kappa shape index (κ2) is 10.3. The zero-order valence-electron chi connectivity index (χ0n) is 19.1. The van der Waals surface area contributed by atoms with Crippen molar-refractivity contribution < 1.29 is 38.6 Å². The molecule has 0 bridgehead atoms. The van der Waals surface area contributed by atoms with E-state index in [1.165, 1.54) is 0 Å². The molecule has 0 saturated carbocycles. The summed E-state index contributed by atoms with van der Waals surface area (Å²) in [7, 11) is 0. The molecule has 28 heavy (non-hydrogen) atoms. The van der Waals surface area contributed by atoms with Gasteiger partial charge in [0.25, 0.3) is 0 Å². The lowest BCUT2D eigenvalue weighted by Gasteiger charge is -2.30. The van der Waals surface area contributed by atoms with Gasteiger partial charge in [0.05, 0.1) is 0 Å². The summed E-state index contributed by atoms with van der Waals surface area (Å²) in [5.74, 6) is 0. The fraction of sp³-hybridized carbons (Fsp3) is 0.900. The third kappa shape index (κ3) is 15.5. The minimum atomic E-state index is -1.01. The van der Waals surface area contributed by atoms with Gasteiger partial charge in [0.2, 0.25) is 0 Å². The summed E-state index contributed by atoms with van der Waals surface area (Å²) in [4.78, 5) is 42.6. The average molecular weight is 407 g/mol. The van der Waals surface area contributed by atoms with Crippen molar-refractivity contribution in [3.8, 4) is 0 Å². The van der Waals surface area contributed by atoms with E-state index >= 15 is 0 Å². The summed E-state index contributed by atoms with van der Waals surface area (Å²) in [6.07, 6.45) is -0.676. The molecule has 0 aromatic carbocycles. The molecular weight excluding hydrogens is 368 g/mol. The first-order valence-corrected chi connectivity index (χ1v) is 9.46. The molecule has 0 radical (unpaired) electrons. The van der Waals surface area contributed by atoms with Crippen LogP contribution in [0, 0.1) is 10.8 Å². The normalized spacial score (nSPS) is 13.1. The minimum absolute atomic E-state index is 0.00842. The van der Waals surface area contributed by atoms with Crippen LogP contribution >= 0.6 is 0 Å². The predicted molar refractivity (Wildman–Crippen MR) is 103 cm³/mol. The average Bonchev–Trinajstić information content (AvgIpc) is 2.43. The van der Waals surface area contributed by atoms with Crippen molar-refractivity contribution in [1.29, 1.82) is 0 Å². The first-order chi connectivity index (χ1) is 12.4. The highest BCUT2D eigenvalue weighted by Gasteiger charge is 2.30. The van der Waals surface area contributed by atoms with Crippen molar-refractivity contribution in [1.82, 2.24) is 0 Å². The molecule has 0 heterocycles. The van der Waals surface area contributed by atoms with Gasteiger partial charge >= 0.3 is 12.3 Å². The molecule has 0 amide bonds. The first kappa shape index (κ1) is 26.5. The van der Waals surface area contributed by atoms with Crippen LogP contribution in [-0.2, 0) is 29.0 Å². The second-order valence-corrected chi connectivity index (χ2v) is 10.5. The number of ether oxygens (including phenoxy) is 2. The summed E-state index contributed by atoms with van der Waals surface area (Å²) < 4.78 is 9.54. The molecule has 0 saturated heterocycles. The Morgan fingerprint density at radius 3 is 1.11 bits per heavy atom. The molecule has 8 heteroatoms. The summed E-state index contributed by atoms with van der Waals surface area (Å²) >= 11 is 0. The van der Waals surface area contributed by atoms with Crippen LogP contribution in [0.15, 0.2) is 0 Å². The van der Waals surface area contributed by atoms with Crippen molar-refractivity contribution in [3.05, 3.63) is 0 Å². The molecule has 0 unspecified atom stereocenters. The van der Waals surface area contributed by atoms with Gasteiger partial charge in [-0.05, 0) is 51.4 Å².